The number of rotatable bonds is 7. The molecular weight excluding hydrogens is 651 g/mol. The molecule has 0 atom stereocenters. The van der Waals surface area contributed by atoms with Crippen LogP contribution in [-0.4, -0.2) is 79.0 Å². The first-order valence-corrected chi connectivity index (χ1v) is 18.3. The van der Waals surface area contributed by atoms with Crippen LogP contribution in [0.3, 0.4) is 0 Å². The molecule has 2 N–H and O–H groups in total. The van der Waals surface area contributed by atoms with Crippen LogP contribution >= 0.6 is 11.9 Å². The highest BCUT2D eigenvalue weighted by atomic mass is 32.2. The third kappa shape index (κ3) is 5.82. The highest BCUT2D eigenvalue weighted by Gasteiger charge is 2.32. The standard InChI is InChI=1S/C39H39N5O5S/c1-39(48)13-16-42(17-14-39)37(46)26-9-11-32(41-22-26)34-21-30-28(12-15-40-36(30)44(34)50-2)27-4-3-5-33(31(27)23-45)43-18-19-49-35-20-25(24-6-7-24)8-10-29(35)38(43)47/h3-5,8-12,15,20-22,24,45,48H,6-7,13-14,16-19,23H2,1-2H3. The molecule has 256 valence electrons. The molecular formula is C39H39N5O5S. The molecule has 2 aliphatic heterocycles. The predicted octanol–water partition coefficient (Wildman–Crippen LogP) is 6.29. The van der Waals surface area contributed by atoms with E-state index >= 15 is 0 Å². The number of pyridine rings is 2. The van der Waals surface area contributed by atoms with E-state index in [1.807, 2.05) is 71.7 Å². The largest absolute Gasteiger partial charge is 0.491 e. The Morgan fingerprint density at radius 3 is 2.54 bits per heavy atom. The number of benzene rings is 2. The SMILES string of the molecule is CSn1c(-c2ccc(C(=O)N3CCC(C)(O)CC3)cn2)cc2c(-c3cccc(N4CCOc5cc(C6CC6)ccc5C4=O)c3CO)ccnc21. The fourth-order valence-electron chi connectivity index (χ4n) is 7.19. The summed E-state index contributed by atoms with van der Waals surface area (Å²) in [4.78, 5) is 40.1. The minimum Gasteiger partial charge on any atom is -0.491 e. The lowest BCUT2D eigenvalue weighted by atomic mass is 9.93. The summed E-state index contributed by atoms with van der Waals surface area (Å²) in [6.07, 6.45) is 8.78. The van der Waals surface area contributed by atoms with Gasteiger partial charge in [0, 0.05) is 42.7 Å². The summed E-state index contributed by atoms with van der Waals surface area (Å²) in [5, 5.41) is 22.0. The molecule has 8 rings (SSSR count). The third-order valence-electron chi connectivity index (χ3n) is 10.2. The number of nitrogens with zero attached hydrogens (tertiary/aromatic N) is 5. The lowest BCUT2D eigenvalue weighted by Crippen LogP contribution is -2.45. The van der Waals surface area contributed by atoms with Crippen molar-refractivity contribution in [2.24, 2.45) is 0 Å². The number of carbonyl (C=O) groups excluding carboxylic acids is 2. The zero-order chi connectivity index (χ0) is 34.6. The van der Waals surface area contributed by atoms with Crippen molar-refractivity contribution in [1.29, 1.82) is 0 Å². The summed E-state index contributed by atoms with van der Waals surface area (Å²) in [7, 11) is 0. The zero-order valence-electron chi connectivity index (χ0n) is 28.1. The second kappa shape index (κ2) is 12.9. The van der Waals surface area contributed by atoms with E-state index in [-0.39, 0.29) is 18.4 Å². The van der Waals surface area contributed by atoms with Gasteiger partial charge in [-0.1, -0.05) is 18.2 Å². The Morgan fingerprint density at radius 2 is 1.82 bits per heavy atom. The van der Waals surface area contributed by atoms with Crippen molar-refractivity contribution in [2.45, 2.75) is 50.7 Å². The molecule has 50 heavy (non-hydrogen) atoms. The molecule has 11 heteroatoms. The Morgan fingerprint density at radius 1 is 1.00 bits per heavy atom. The van der Waals surface area contributed by atoms with Gasteiger partial charge < -0.3 is 24.7 Å². The van der Waals surface area contributed by atoms with Gasteiger partial charge in [0.2, 0.25) is 0 Å². The minimum atomic E-state index is -0.735. The van der Waals surface area contributed by atoms with Gasteiger partial charge in [-0.05, 0) is 110 Å². The van der Waals surface area contributed by atoms with Crippen LogP contribution in [-0.2, 0) is 6.61 Å². The van der Waals surface area contributed by atoms with Gasteiger partial charge in [0.1, 0.15) is 12.4 Å². The summed E-state index contributed by atoms with van der Waals surface area (Å²) in [6.45, 7) is 3.26. The van der Waals surface area contributed by atoms with Crippen LogP contribution in [0, 0.1) is 0 Å². The fourth-order valence-corrected chi connectivity index (χ4v) is 7.86. The summed E-state index contributed by atoms with van der Waals surface area (Å²) >= 11 is 1.50. The summed E-state index contributed by atoms with van der Waals surface area (Å²) < 4.78 is 8.10. The molecule has 2 fully saturated rings. The molecule has 0 bridgehead atoms. The zero-order valence-corrected chi connectivity index (χ0v) is 28.9. The average molecular weight is 690 g/mol. The topological polar surface area (TPSA) is 121 Å². The Balaban J connectivity index is 1.13. The molecule has 1 saturated heterocycles. The lowest BCUT2D eigenvalue weighted by molar-refractivity contribution is -0.00204. The first-order valence-electron chi connectivity index (χ1n) is 17.1. The molecule has 10 nitrogen and oxygen atoms in total. The molecule has 1 aliphatic carbocycles. The molecule has 5 heterocycles. The van der Waals surface area contributed by atoms with Crippen molar-refractivity contribution >= 4 is 40.5 Å². The van der Waals surface area contributed by atoms with E-state index in [4.69, 9.17) is 14.7 Å². The average Bonchev–Trinajstić information content (AvgIpc) is 3.94. The van der Waals surface area contributed by atoms with Crippen molar-refractivity contribution < 1.29 is 24.5 Å². The van der Waals surface area contributed by atoms with Crippen molar-refractivity contribution in [1.82, 2.24) is 18.8 Å². The van der Waals surface area contributed by atoms with Crippen LogP contribution < -0.4 is 9.64 Å². The van der Waals surface area contributed by atoms with E-state index in [1.54, 1.807) is 28.3 Å². The number of hydrogen-bond donors (Lipinski definition) is 2. The molecule has 0 spiro atoms. The van der Waals surface area contributed by atoms with Crippen molar-refractivity contribution in [3.05, 3.63) is 95.3 Å². The summed E-state index contributed by atoms with van der Waals surface area (Å²) in [5.41, 5.74) is 6.73. The van der Waals surface area contributed by atoms with E-state index in [0.717, 1.165) is 27.9 Å². The number of carbonyl (C=O) groups is 2. The minimum absolute atomic E-state index is 0.0914. The van der Waals surface area contributed by atoms with Gasteiger partial charge in [0.15, 0.2) is 5.65 Å². The Labute approximate surface area is 294 Å². The van der Waals surface area contributed by atoms with E-state index in [2.05, 4.69) is 0 Å². The number of aliphatic hydroxyl groups excluding tert-OH is 1. The van der Waals surface area contributed by atoms with Crippen molar-refractivity contribution in [3.63, 3.8) is 0 Å². The number of amides is 2. The normalized spacial score (nSPS) is 17.4. The number of ether oxygens (including phenoxy) is 1. The maximum atomic E-state index is 14.0. The highest BCUT2D eigenvalue weighted by Crippen LogP contribution is 2.43. The van der Waals surface area contributed by atoms with Crippen LogP contribution in [0.15, 0.2) is 73.1 Å². The fraction of sp³-hybridized carbons (Fsp3) is 0.333. The summed E-state index contributed by atoms with van der Waals surface area (Å²) in [5.74, 6) is 0.935. The van der Waals surface area contributed by atoms with Gasteiger partial charge in [0.05, 0.1) is 47.0 Å². The van der Waals surface area contributed by atoms with Gasteiger partial charge in [0.25, 0.3) is 11.8 Å². The number of fused-ring (bicyclic) bond motifs is 2. The van der Waals surface area contributed by atoms with Crippen LogP contribution in [0.25, 0.3) is 33.5 Å². The Kier molecular flexibility index (Phi) is 8.37. The van der Waals surface area contributed by atoms with E-state index in [1.165, 1.54) is 30.4 Å². The van der Waals surface area contributed by atoms with Gasteiger partial charge in [-0.3, -0.25) is 18.5 Å². The van der Waals surface area contributed by atoms with Crippen LogP contribution in [0.1, 0.15) is 70.4 Å². The highest BCUT2D eigenvalue weighted by molar-refractivity contribution is 7.97. The van der Waals surface area contributed by atoms with E-state index in [9.17, 15) is 19.8 Å². The second-order valence-corrected chi connectivity index (χ2v) is 14.4. The molecule has 0 radical (unpaired) electrons. The molecule has 2 amide bonds. The number of likely N-dealkylation sites (tertiary alicyclic amines) is 1. The van der Waals surface area contributed by atoms with Crippen molar-refractivity contribution in [2.75, 3.05) is 37.4 Å². The predicted molar refractivity (Wildman–Crippen MR) is 195 cm³/mol. The van der Waals surface area contributed by atoms with Gasteiger partial charge >= 0.3 is 0 Å². The Bertz CT molecular complexity index is 2110. The van der Waals surface area contributed by atoms with Crippen molar-refractivity contribution in [3.8, 4) is 28.3 Å². The first-order chi connectivity index (χ1) is 24.3. The smallest absolute Gasteiger partial charge is 0.262 e. The number of hydrogen-bond acceptors (Lipinski definition) is 8. The molecule has 5 aromatic rings. The van der Waals surface area contributed by atoms with Gasteiger partial charge in [-0.15, -0.1) is 0 Å². The lowest BCUT2D eigenvalue weighted by Gasteiger charge is -2.35. The number of aromatic nitrogens is 3. The maximum absolute atomic E-state index is 14.0. The van der Waals surface area contributed by atoms with Crippen LogP contribution in [0.4, 0.5) is 5.69 Å². The Hall–Kier alpha value is -4.71. The molecule has 2 aromatic carbocycles. The quantitative estimate of drug-likeness (QED) is 0.205. The molecule has 3 aromatic heterocycles. The number of anilines is 1. The van der Waals surface area contributed by atoms with E-state index in [0.29, 0.717) is 78.8 Å². The molecule has 0 unspecified atom stereocenters. The molecule has 1 saturated carbocycles. The molecule has 3 aliphatic rings. The summed E-state index contributed by atoms with van der Waals surface area (Å²) in [6, 6.07) is 19.3. The maximum Gasteiger partial charge on any atom is 0.262 e. The van der Waals surface area contributed by atoms with E-state index < -0.39 is 5.60 Å². The van der Waals surface area contributed by atoms with Crippen LogP contribution in [0.5, 0.6) is 5.75 Å². The van der Waals surface area contributed by atoms with Crippen LogP contribution in [0.2, 0.25) is 0 Å². The van der Waals surface area contributed by atoms with Gasteiger partial charge in [-0.25, -0.2) is 4.98 Å². The van der Waals surface area contributed by atoms with Gasteiger partial charge in [-0.2, -0.15) is 0 Å². The third-order valence-corrected chi connectivity index (χ3v) is 11.0. The first kappa shape index (κ1) is 32.5. The number of piperidine rings is 1. The second-order valence-electron chi connectivity index (χ2n) is 13.6. The number of aliphatic hydroxyl groups is 2. The monoisotopic (exact) mass is 689 g/mol.